The van der Waals surface area contributed by atoms with Crippen molar-refractivity contribution in [2.75, 3.05) is 18.0 Å². The number of halogens is 1. The van der Waals surface area contributed by atoms with Crippen LogP contribution in [-0.4, -0.2) is 23.3 Å². The zero-order chi connectivity index (χ0) is 13.4. The topological polar surface area (TPSA) is 29.0 Å². The van der Waals surface area contributed by atoms with E-state index in [-0.39, 0.29) is 0 Å². The predicted molar refractivity (Wildman–Crippen MR) is 78.8 cm³/mol. The molecule has 1 aliphatic carbocycles. The zero-order valence-corrected chi connectivity index (χ0v) is 12.6. The molecule has 2 atom stereocenters. The van der Waals surface area contributed by atoms with Crippen molar-refractivity contribution in [2.45, 2.75) is 46.0 Å². The van der Waals surface area contributed by atoms with Gasteiger partial charge >= 0.3 is 0 Å². The molecule has 0 bridgehead atoms. The fraction of sp³-hybridized carbons (Fsp3) is 0.733. The van der Waals surface area contributed by atoms with Crippen molar-refractivity contribution in [3.63, 3.8) is 0 Å². The Bertz CT molecular complexity index is 475. The van der Waals surface area contributed by atoms with Gasteiger partial charge in [0.1, 0.15) is 0 Å². The van der Waals surface area contributed by atoms with Crippen LogP contribution in [0.5, 0.6) is 0 Å². The lowest BCUT2D eigenvalue weighted by Gasteiger charge is -2.42. The highest BCUT2D eigenvalue weighted by Gasteiger charge is 2.32. The molecule has 2 unspecified atom stereocenters. The summed E-state index contributed by atoms with van der Waals surface area (Å²) in [6.45, 7) is 6.42. The van der Waals surface area contributed by atoms with E-state index in [1.165, 1.54) is 37.7 Å². The second kappa shape index (κ2) is 5.28. The molecule has 0 radical (unpaired) electrons. The molecule has 1 saturated heterocycles. The quantitative estimate of drug-likeness (QED) is 0.784. The van der Waals surface area contributed by atoms with Crippen LogP contribution in [-0.2, 0) is 0 Å². The second-order valence-electron chi connectivity index (χ2n) is 6.10. The van der Waals surface area contributed by atoms with Crippen molar-refractivity contribution < 1.29 is 0 Å². The Balaban J connectivity index is 1.81. The second-order valence-corrected chi connectivity index (χ2v) is 6.46. The minimum atomic E-state index is 0.536. The zero-order valence-electron chi connectivity index (χ0n) is 11.8. The molecular formula is C15H22ClN3. The van der Waals surface area contributed by atoms with Crippen LogP contribution in [0.2, 0.25) is 5.15 Å². The molecule has 1 aromatic heterocycles. The molecule has 0 spiro atoms. The molecule has 1 saturated carbocycles. The maximum absolute atomic E-state index is 6.04. The first-order chi connectivity index (χ1) is 9.16. The van der Waals surface area contributed by atoms with Gasteiger partial charge in [-0.3, -0.25) is 0 Å². The Hall–Kier alpha value is -0.830. The van der Waals surface area contributed by atoms with E-state index < -0.39 is 0 Å². The third-order valence-corrected chi connectivity index (χ3v) is 5.39. The van der Waals surface area contributed by atoms with Gasteiger partial charge in [0.05, 0.1) is 0 Å². The van der Waals surface area contributed by atoms with Gasteiger partial charge in [0, 0.05) is 13.1 Å². The molecule has 1 aromatic rings. The van der Waals surface area contributed by atoms with E-state index >= 15 is 0 Å². The van der Waals surface area contributed by atoms with Gasteiger partial charge in [-0.05, 0) is 49.7 Å². The van der Waals surface area contributed by atoms with Crippen LogP contribution in [0.25, 0.3) is 0 Å². The van der Waals surface area contributed by atoms with Crippen LogP contribution in [0.3, 0.4) is 0 Å². The number of anilines is 1. The first-order valence-electron chi connectivity index (χ1n) is 7.41. The monoisotopic (exact) mass is 279 g/mol. The minimum absolute atomic E-state index is 0.536. The van der Waals surface area contributed by atoms with E-state index in [1.54, 1.807) is 0 Å². The normalized spacial score (nSPS) is 27.2. The van der Waals surface area contributed by atoms with Crippen LogP contribution in [0.1, 0.15) is 43.2 Å². The van der Waals surface area contributed by atoms with Crippen LogP contribution in [0.15, 0.2) is 0 Å². The third-order valence-electron chi connectivity index (χ3n) is 5.03. The lowest BCUT2D eigenvalue weighted by atomic mass is 9.75. The molecule has 0 N–H and O–H groups in total. The summed E-state index contributed by atoms with van der Waals surface area (Å²) in [7, 11) is 0. The molecular weight excluding hydrogens is 258 g/mol. The van der Waals surface area contributed by atoms with Gasteiger partial charge in [0.25, 0.3) is 0 Å². The summed E-state index contributed by atoms with van der Waals surface area (Å²) in [6.07, 6.45) is 6.97. The number of nitrogens with zero attached hydrogens (tertiary/aromatic N) is 3. The van der Waals surface area contributed by atoms with Gasteiger partial charge in [0.2, 0.25) is 0 Å². The lowest BCUT2D eigenvalue weighted by Crippen LogP contribution is -2.42. The van der Waals surface area contributed by atoms with Gasteiger partial charge in [0.15, 0.2) is 11.0 Å². The summed E-state index contributed by atoms with van der Waals surface area (Å²) < 4.78 is 0. The van der Waals surface area contributed by atoms with E-state index in [4.69, 9.17) is 11.6 Å². The van der Waals surface area contributed by atoms with Crippen molar-refractivity contribution in [3.05, 3.63) is 16.3 Å². The number of fused-ring (bicyclic) bond motifs is 1. The largest absolute Gasteiger partial charge is 0.355 e. The Morgan fingerprint density at radius 1 is 1.00 bits per heavy atom. The highest BCUT2D eigenvalue weighted by Crippen LogP contribution is 2.38. The Kier molecular flexibility index (Phi) is 3.66. The number of rotatable bonds is 1. The molecule has 19 heavy (non-hydrogen) atoms. The van der Waals surface area contributed by atoms with Crippen molar-refractivity contribution in [3.8, 4) is 0 Å². The van der Waals surface area contributed by atoms with E-state index in [1.807, 2.05) is 6.92 Å². The van der Waals surface area contributed by atoms with E-state index in [0.717, 1.165) is 36.3 Å². The predicted octanol–water partition coefficient (Wildman–Crippen LogP) is 3.76. The average Bonchev–Trinajstić information content (AvgIpc) is 2.44. The molecule has 3 rings (SSSR count). The standard InChI is InChI=1S/C15H22ClN3/c1-10-11(2)15(18-17-14(10)16)19-8-7-12-5-3-4-6-13(12)9-19/h12-13H,3-9H2,1-2H3. The first kappa shape index (κ1) is 13.2. The molecule has 4 heteroatoms. The van der Waals surface area contributed by atoms with Gasteiger partial charge in [-0.2, -0.15) is 0 Å². The Labute approximate surface area is 120 Å². The SMILES string of the molecule is Cc1c(Cl)nnc(N2CCC3CCCCC3C2)c1C. The van der Waals surface area contributed by atoms with Crippen molar-refractivity contribution in [1.82, 2.24) is 10.2 Å². The maximum atomic E-state index is 6.04. The Morgan fingerprint density at radius 2 is 1.74 bits per heavy atom. The average molecular weight is 280 g/mol. The highest BCUT2D eigenvalue weighted by molar-refractivity contribution is 6.30. The van der Waals surface area contributed by atoms with Gasteiger partial charge in [-0.1, -0.05) is 30.9 Å². The fourth-order valence-corrected chi connectivity index (χ4v) is 3.84. The summed E-state index contributed by atoms with van der Waals surface area (Å²) in [5, 5.41) is 8.97. The highest BCUT2D eigenvalue weighted by atomic mass is 35.5. The molecule has 3 nitrogen and oxygen atoms in total. The van der Waals surface area contributed by atoms with Gasteiger partial charge in [-0.25, -0.2) is 0 Å². The van der Waals surface area contributed by atoms with E-state index in [2.05, 4.69) is 22.0 Å². The summed E-state index contributed by atoms with van der Waals surface area (Å²) in [4.78, 5) is 2.43. The number of hydrogen-bond donors (Lipinski definition) is 0. The van der Waals surface area contributed by atoms with Crippen LogP contribution < -0.4 is 4.90 Å². The third kappa shape index (κ3) is 2.45. The van der Waals surface area contributed by atoms with Crippen molar-refractivity contribution >= 4 is 17.4 Å². The van der Waals surface area contributed by atoms with Crippen LogP contribution in [0, 0.1) is 25.7 Å². The van der Waals surface area contributed by atoms with Crippen molar-refractivity contribution in [2.24, 2.45) is 11.8 Å². The molecule has 0 aromatic carbocycles. The summed E-state index contributed by atoms with van der Waals surface area (Å²) in [6, 6.07) is 0. The number of hydrogen-bond acceptors (Lipinski definition) is 3. The molecule has 1 aliphatic heterocycles. The molecule has 2 aliphatic rings. The number of piperidine rings is 1. The molecule has 2 fully saturated rings. The summed E-state index contributed by atoms with van der Waals surface area (Å²) in [5.74, 6) is 2.86. The molecule has 104 valence electrons. The summed E-state index contributed by atoms with van der Waals surface area (Å²) in [5.41, 5.74) is 2.26. The Morgan fingerprint density at radius 3 is 2.53 bits per heavy atom. The van der Waals surface area contributed by atoms with Gasteiger partial charge < -0.3 is 4.90 Å². The van der Waals surface area contributed by atoms with E-state index in [0.29, 0.717) is 5.15 Å². The maximum Gasteiger partial charge on any atom is 0.155 e. The van der Waals surface area contributed by atoms with Crippen LogP contribution >= 0.6 is 11.6 Å². The van der Waals surface area contributed by atoms with E-state index in [9.17, 15) is 0 Å². The van der Waals surface area contributed by atoms with Crippen LogP contribution in [0.4, 0.5) is 5.82 Å². The van der Waals surface area contributed by atoms with Gasteiger partial charge in [-0.15, -0.1) is 10.2 Å². The molecule has 2 heterocycles. The lowest BCUT2D eigenvalue weighted by molar-refractivity contribution is 0.202. The smallest absolute Gasteiger partial charge is 0.155 e. The van der Waals surface area contributed by atoms with Crippen molar-refractivity contribution in [1.29, 1.82) is 0 Å². The molecule has 0 amide bonds. The fourth-order valence-electron chi connectivity index (χ4n) is 3.66. The minimum Gasteiger partial charge on any atom is -0.355 e. The first-order valence-corrected chi connectivity index (χ1v) is 7.79. The number of aromatic nitrogens is 2. The summed E-state index contributed by atoms with van der Waals surface area (Å²) >= 11 is 6.04.